The van der Waals surface area contributed by atoms with E-state index in [-0.39, 0.29) is 10.8 Å². The highest BCUT2D eigenvalue weighted by molar-refractivity contribution is 7.89. The minimum atomic E-state index is -3.47. The second-order valence-electron chi connectivity index (χ2n) is 6.59. The fourth-order valence-electron chi connectivity index (χ4n) is 3.07. The van der Waals surface area contributed by atoms with Crippen LogP contribution < -0.4 is 10.1 Å². The number of carbonyl (C=O) groups excluding carboxylic acids is 1. The molecule has 0 radical (unpaired) electrons. The SMILES string of the molecule is COc1cccc(/C=C/C(=O)Nc2ccc(S(=O)(=O)N3CCCCC3)cc2)c1. The molecule has 148 valence electrons. The maximum Gasteiger partial charge on any atom is 0.248 e. The third-order valence-electron chi connectivity index (χ3n) is 4.60. The van der Waals surface area contributed by atoms with Crippen LogP contribution in [0.5, 0.6) is 5.75 Å². The zero-order chi connectivity index (χ0) is 20.0. The Morgan fingerprint density at radius 1 is 1.07 bits per heavy atom. The molecule has 1 saturated heterocycles. The standard InChI is InChI=1S/C21H24N2O4S/c1-27-19-7-5-6-17(16-19)8-13-21(24)22-18-9-11-20(12-10-18)28(25,26)23-14-3-2-4-15-23/h5-13,16H,2-4,14-15H2,1H3,(H,22,24)/b13-8+. The number of hydrogen-bond acceptors (Lipinski definition) is 4. The summed E-state index contributed by atoms with van der Waals surface area (Å²) in [5, 5.41) is 2.73. The Balaban J connectivity index is 1.63. The third kappa shape index (κ3) is 4.99. The van der Waals surface area contributed by atoms with Crippen LogP contribution in [0.15, 0.2) is 59.5 Å². The van der Waals surface area contributed by atoms with Crippen molar-refractivity contribution >= 4 is 27.7 Å². The molecule has 0 atom stereocenters. The number of carbonyl (C=O) groups is 1. The Hall–Kier alpha value is -2.64. The van der Waals surface area contributed by atoms with Gasteiger partial charge in [0, 0.05) is 24.9 Å². The van der Waals surface area contributed by atoms with Crippen LogP contribution in [0.1, 0.15) is 24.8 Å². The number of methoxy groups -OCH3 is 1. The quantitative estimate of drug-likeness (QED) is 0.753. The second-order valence-corrected chi connectivity index (χ2v) is 8.53. The predicted octanol–water partition coefficient (Wildman–Crippen LogP) is 3.52. The summed E-state index contributed by atoms with van der Waals surface area (Å²) < 4.78 is 32.0. The number of benzene rings is 2. The van der Waals surface area contributed by atoms with Crippen LogP contribution in [0.4, 0.5) is 5.69 Å². The highest BCUT2D eigenvalue weighted by atomic mass is 32.2. The molecule has 0 saturated carbocycles. The molecule has 0 unspecified atom stereocenters. The summed E-state index contributed by atoms with van der Waals surface area (Å²) >= 11 is 0. The van der Waals surface area contributed by atoms with Crippen LogP contribution >= 0.6 is 0 Å². The summed E-state index contributed by atoms with van der Waals surface area (Å²) in [6.45, 7) is 1.13. The number of anilines is 1. The lowest BCUT2D eigenvalue weighted by Crippen LogP contribution is -2.35. The molecule has 28 heavy (non-hydrogen) atoms. The van der Waals surface area contributed by atoms with Crippen molar-refractivity contribution in [3.05, 3.63) is 60.2 Å². The minimum Gasteiger partial charge on any atom is -0.497 e. The van der Waals surface area contributed by atoms with E-state index in [2.05, 4.69) is 5.32 Å². The maximum atomic E-state index is 12.6. The van der Waals surface area contributed by atoms with E-state index in [1.165, 1.54) is 22.5 Å². The molecule has 1 aliphatic heterocycles. The topological polar surface area (TPSA) is 75.7 Å². The molecule has 0 aromatic heterocycles. The summed E-state index contributed by atoms with van der Waals surface area (Å²) in [6.07, 6.45) is 5.97. The first-order chi connectivity index (χ1) is 13.5. The normalized spacial score (nSPS) is 15.5. The van der Waals surface area contributed by atoms with Gasteiger partial charge < -0.3 is 10.1 Å². The molecule has 1 fully saturated rings. The molecule has 2 aromatic rings. The Morgan fingerprint density at radius 2 is 1.79 bits per heavy atom. The zero-order valence-electron chi connectivity index (χ0n) is 15.8. The molecule has 7 heteroatoms. The first-order valence-electron chi connectivity index (χ1n) is 9.22. The van der Waals surface area contributed by atoms with Crippen molar-refractivity contribution in [2.24, 2.45) is 0 Å². The Labute approximate surface area is 165 Å². The molecule has 1 N–H and O–H groups in total. The molecule has 1 heterocycles. The first kappa shape index (κ1) is 20.1. The average Bonchev–Trinajstić information content (AvgIpc) is 2.73. The molecule has 3 rings (SSSR count). The summed E-state index contributed by atoms with van der Waals surface area (Å²) in [7, 11) is -1.88. The maximum absolute atomic E-state index is 12.6. The van der Waals surface area contributed by atoms with Gasteiger partial charge in [-0.05, 0) is 60.9 Å². The minimum absolute atomic E-state index is 0.249. The van der Waals surface area contributed by atoms with Gasteiger partial charge in [-0.3, -0.25) is 4.79 Å². The molecule has 0 spiro atoms. The highest BCUT2D eigenvalue weighted by Crippen LogP contribution is 2.22. The summed E-state index contributed by atoms with van der Waals surface area (Å²) in [4.78, 5) is 12.4. The summed E-state index contributed by atoms with van der Waals surface area (Å²) in [5.41, 5.74) is 1.38. The highest BCUT2D eigenvalue weighted by Gasteiger charge is 2.25. The zero-order valence-corrected chi connectivity index (χ0v) is 16.6. The number of ether oxygens (including phenoxy) is 1. The average molecular weight is 401 g/mol. The number of nitrogens with zero attached hydrogens (tertiary/aromatic N) is 1. The van der Waals surface area contributed by atoms with E-state index in [0.717, 1.165) is 24.8 Å². The van der Waals surface area contributed by atoms with Crippen molar-refractivity contribution in [1.82, 2.24) is 4.31 Å². The molecule has 1 amide bonds. The largest absolute Gasteiger partial charge is 0.497 e. The van der Waals surface area contributed by atoms with Gasteiger partial charge in [-0.2, -0.15) is 4.31 Å². The van der Waals surface area contributed by atoms with Crippen molar-refractivity contribution in [3.8, 4) is 5.75 Å². The van der Waals surface area contributed by atoms with Gasteiger partial charge in [0.1, 0.15) is 5.75 Å². The second kappa shape index (κ2) is 9.03. The lowest BCUT2D eigenvalue weighted by Gasteiger charge is -2.25. The van der Waals surface area contributed by atoms with E-state index in [4.69, 9.17) is 4.74 Å². The number of hydrogen-bond donors (Lipinski definition) is 1. The van der Waals surface area contributed by atoms with Crippen LogP contribution in [-0.2, 0) is 14.8 Å². The number of rotatable bonds is 6. The van der Waals surface area contributed by atoms with E-state index < -0.39 is 10.0 Å². The Morgan fingerprint density at radius 3 is 2.46 bits per heavy atom. The summed E-state index contributed by atoms with van der Waals surface area (Å²) in [6, 6.07) is 13.6. The van der Waals surface area contributed by atoms with Gasteiger partial charge >= 0.3 is 0 Å². The molecule has 0 bridgehead atoms. The monoisotopic (exact) mass is 400 g/mol. The number of nitrogens with one attached hydrogen (secondary N) is 1. The Bertz CT molecular complexity index is 947. The molecular weight excluding hydrogens is 376 g/mol. The number of sulfonamides is 1. The van der Waals surface area contributed by atoms with Crippen LogP contribution in [-0.4, -0.2) is 38.8 Å². The van der Waals surface area contributed by atoms with Crippen LogP contribution in [0.2, 0.25) is 0 Å². The van der Waals surface area contributed by atoms with Gasteiger partial charge in [-0.15, -0.1) is 0 Å². The van der Waals surface area contributed by atoms with Gasteiger partial charge in [0.2, 0.25) is 15.9 Å². The molecule has 6 nitrogen and oxygen atoms in total. The van der Waals surface area contributed by atoms with E-state index in [9.17, 15) is 13.2 Å². The van der Waals surface area contributed by atoms with Crippen LogP contribution in [0.3, 0.4) is 0 Å². The van der Waals surface area contributed by atoms with Gasteiger partial charge in [0.05, 0.1) is 12.0 Å². The lowest BCUT2D eigenvalue weighted by molar-refractivity contribution is -0.111. The van der Waals surface area contributed by atoms with Crippen molar-refractivity contribution in [2.75, 3.05) is 25.5 Å². The first-order valence-corrected chi connectivity index (χ1v) is 10.7. The summed E-state index contributed by atoms with van der Waals surface area (Å²) in [5.74, 6) is 0.419. The van der Waals surface area contributed by atoms with E-state index >= 15 is 0 Å². The molecule has 0 aliphatic carbocycles. The Kier molecular flexibility index (Phi) is 6.49. The van der Waals surface area contributed by atoms with Crippen molar-refractivity contribution < 1.29 is 17.9 Å². The molecular formula is C21H24N2O4S. The third-order valence-corrected chi connectivity index (χ3v) is 6.51. The van der Waals surface area contributed by atoms with Crippen molar-refractivity contribution in [1.29, 1.82) is 0 Å². The van der Waals surface area contributed by atoms with Crippen LogP contribution in [0.25, 0.3) is 6.08 Å². The van der Waals surface area contributed by atoms with E-state index in [0.29, 0.717) is 24.5 Å². The lowest BCUT2D eigenvalue weighted by atomic mass is 10.2. The van der Waals surface area contributed by atoms with Gasteiger partial charge in [-0.1, -0.05) is 18.6 Å². The number of piperidine rings is 1. The molecule has 2 aromatic carbocycles. The predicted molar refractivity (Wildman–Crippen MR) is 110 cm³/mol. The van der Waals surface area contributed by atoms with E-state index in [1.807, 2.05) is 24.3 Å². The van der Waals surface area contributed by atoms with Crippen LogP contribution in [0, 0.1) is 0 Å². The van der Waals surface area contributed by atoms with Gasteiger partial charge in [-0.25, -0.2) is 8.42 Å². The van der Waals surface area contributed by atoms with Crippen molar-refractivity contribution in [2.45, 2.75) is 24.2 Å². The van der Waals surface area contributed by atoms with Gasteiger partial charge in [0.15, 0.2) is 0 Å². The van der Waals surface area contributed by atoms with Gasteiger partial charge in [0.25, 0.3) is 0 Å². The van der Waals surface area contributed by atoms with Crippen molar-refractivity contribution in [3.63, 3.8) is 0 Å². The smallest absolute Gasteiger partial charge is 0.248 e. The fourth-order valence-corrected chi connectivity index (χ4v) is 4.58. The number of amides is 1. The fraction of sp³-hybridized carbons (Fsp3) is 0.286. The van der Waals surface area contributed by atoms with E-state index in [1.54, 1.807) is 25.3 Å². The molecule has 1 aliphatic rings.